The van der Waals surface area contributed by atoms with E-state index in [9.17, 15) is 4.79 Å². The second kappa shape index (κ2) is 13.6. The van der Waals surface area contributed by atoms with Gasteiger partial charge in [0.2, 0.25) is 0 Å². The van der Waals surface area contributed by atoms with Crippen molar-refractivity contribution in [3.63, 3.8) is 0 Å². The zero-order valence-electron chi connectivity index (χ0n) is 22.5. The standard InChI is InChI=1S/C33H45NO3/c35-33(27-15-17-31(18-16-27)37-24-32-9-5-21-36-32)10-4-6-25-11-13-29-23-26(12-14-28(29)22-25)19-20-34-30-7-2-1-3-8-30/h12,14-18,23,25,30,32,34H,1-11,13,19-22,24H2/t25-,32-/m0/s1. The van der Waals surface area contributed by atoms with Gasteiger partial charge in [-0.05, 0) is 118 Å². The summed E-state index contributed by atoms with van der Waals surface area (Å²) in [5, 5.41) is 3.78. The van der Waals surface area contributed by atoms with Crippen LogP contribution in [0, 0.1) is 5.92 Å². The van der Waals surface area contributed by atoms with Gasteiger partial charge in [0.25, 0.3) is 0 Å². The van der Waals surface area contributed by atoms with Crippen molar-refractivity contribution in [2.75, 3.05) is 19.8 Å². The van der Waals surface area contributed by atoms with E-state index in [1.54, 1.807) is 5.56 Å². The number of nitrogens with one attached hydrogen (secondary N) is 1. The Morgan fingerprint density at radius 3 is 2.62 bits per heavy atom. The largest absolute Gasteiger partial charge is 0.491 e. The molecule has 0 radical (unpaired) electrons. The first-order valence-corrected chi connectivity index (χ1v) is 14.9. The number of benzene rings is 2. The minimum atomic E-state index is 0.211. The molecule has 1 saturated carbocycles. The van der Waals surface area contributed by atoms with Crippen molar-refractivity contribution in [1.82, 2.24) is 5.32 Å². The van der Waals surface area contributed by atoms with Gasteiger partial charge in [0.1, 0.15) is 12.4 Å². The summed E-state index contributed by atoms with van der Waals surface area (Å²) in [6.45, 7) is 2.54. The predicted octanol–water partition coefficient (Wildman–Crippen LogP) is 6.87. The normalized spacial score (nSPS) is 22.1. The molecule has 5 rings (SSSR count). The monoisotopic (exact) mass is 503 g/mol. The Labute approximate surface area is 223 Å². The van der Waals surface area contributed by atoms with Crippen LogP contribution in [-0.4, -0.2) is 37.7 Å². The number of Topliss-reactive ketones (excluding diaryl/α,β-unsaturated/α-hetero) is 1. The van der Waals surface area contributed by atoms with Crippen molar-refractivity contribution in [3.8, 4) is 5.75 Å². The van der Waals surface area contributed by atoms with Crippen LogP contribution in [0.4, 0.5) is 0 Å². The summed E-state index contributed by atoms with van der Waals surface area (Å²) in [5.74, 6) is 1.76. The van der Waals surface area contributed by atoms with Crippen LogP contribution >= 0.6 is 0 Å². The van der Waals surface area contributed by atoms with Crippen LogP contribution in [0.25, 0.3) is 0 Å². The molecule has 0 unspecified atom stereocenters. The van der Waals surface area contributed by atoms with Crippen LogP contribution in [0.5, 0.6) is 5.75 Å². The van der Waals surface area contributed by atoms with Crippen LogP contribution in [0.1, 0.15) is 97.7 Å². The highest BCUT2D eigenvalue weighted by atomic mass is 16.5. The van der Waals surface area contributed by atoms with Gasteiger partial charge in [-0.2, -0.15) is 0 Å². The van der Waals surface area contributed by atoms with Crippen LogP contribution in [0.2, 0.25) is 0 Å². The second-order valence-electron chi connectivity index (χ2n) is 11.5. The van der Waals surface area contributed by atoms with Gasteiger partial charge < -0.3 is 14.8 Å². The van der Waals surface area contributed by atoms with Crippen molar-refractivity contribution in [2.24, 2.45) is 5.92 Å². The van der Waals surface area contributed by atoms with E-state index in [1.165, 1.54) is 62.5 Å². The highest BCUT2D eigenvalue weighted by Crippen LogP contribution is 2.30. The fourth-order valence-electron chi connectivity index (χ4n) is 6.41. The molecule has 1 heterocycles. The number of hydrogen-bond acceptors (Lipinski definition) is 4. The van der Waals surface area contributed by atoms with Gasteiger partial charge in [0.05, 0.1) is 6.10 Å². The lowest BCUT2D eigenvalue weighted by Crippen LogP contribution is -2.32. The Bertz CT molecular complexity index is 989. The van der Waals surface area contributed by atoms with Crippen molar-refractivity contribution < 1.29 is 14.3 Å². The van der Waals surface area contributed by atoms with Gasteiger partial charge in [0.15, 0.2) is 5.78 Å². The number of fused-ring (bicyclic) bond motifs is 1. The van der Waals surface area contributed by atoms with Crippen molar-refractivity contribution in [2.45, 2.75) is 102 Å². The average molecular weight is 504 g/mol. The summed E-state index contributed by atoms with van der Waals surface area (Å²) >= 11 is 0. The lowest BCUT2D eigenvalue weighted by Gasteiger charge is -2.25. The second-order valence-corrected chi connectivity index (χ2v) is 11.5. The molecule has 1 aliphatic heterocycles. The number of carbonyl (C=O) groups is 1. The molecule has 37 heavy (non-hydrogen) atoms. The van der Waals surface area contributed by atoms with Gasteiger partial charge in [-0.3, -0.25) is 4.79 Å². The third kappa shape index (κ3) is 7.91. The number of ketones is 1. The maximum Gasteiger partial charge on any atom is 0.162 e. The van der Waals surface area contributed by atoms with E-state index in [2.05, 4.69) is 23.5 Å². The molecule has 1 saturated heterocycles. The molecular formula is C33H45NO3. The summed E-state index contributed by atoms with van der Waals surface area (Å²) in [4.78, 5) is 12.7. The molecule has 4 heteroatoms. The Morgan fingerprint density at radius 2 is 1.81 bits per heavy atom. The molecule has 4 nitrogen and oxygen atoms in total. The number of hydrogen-bond donors (Lipinski definition) is 1. The molecule has 2 aromatic carbocycles. The molecule has 2 aromatic rings. The Hall–Kier alpha value is -2.17. The minimum Gasteiger partial charge on any atom is -0.491 e. The van der Waals surface area contributed by atoms with E-state index in [0.29, 0.717) is 18.9 Å². The molecule has 2 aliphatic carbocycles. The van der Waals surface area contributed by atoms with E-state index >= 15 is 0 Å². The van der Waals surface area contributed by atoms with Crippen LogP contribution in [0.3, 0.4) is 0 Å². The third-order valence-electron chi connectivity index (χ3n) is 8.71. The highest BCUT2D eigenvalue weighted by molar-refractivity contribution is 5.96. The Morgan fingerprint density at radius 1 is 0.946 bits per heavy atom. The molecule has 3 aliphatic rings. The molecular weight excluding hydrogens is 458 g/mol. The summed E-state index contributed by atoms with van der Waals surface area (Å²) in [6.07, 6.45) is 16.8. The molecule has 2 atom stereocenters. The van der Waals surface area contributed by atoms with Crippen molar-refractivity contribution in [1.29, 1.82) is 0 Å². The smallest absolute Gasteiger partial charge is 0.162 e. The molecule has 1 N–H and O–H groups in total. The lowest BCUT2D eigenvalue weighted by molar-refractivity contribution is 0.0679. The first kappa shape index (κ1) is 26.4. The number of ether oxygens (including phenoxy) is 2. The number of rotatable bonds is 12. The van der Waals surface area contributed by atoms with Gasteiger partial charge in [-0.15, -0.1) is 0 Å². The van der Waals surface area contributed by atoms with E-state index in [0.717, 1.165) is 62.6 Å². The quantitative estimate of drug-likeness (QED) is 0.321. The van der Waals surface area contributed by atoms with E-state index < -0.39 is 0 Å². The third-order valence-corrected chi connectivity index (χ3v) is 8.71. The van der Waals surface area contributed by atoms with Gasteiger partial charge >= 0.3 is 0 Å². The molecule has 0 aromatic heterocycles. The zero-order chi connectivity index (χ0) is 25.3. The predicted molar refractivity (Wildman–Crippen MR) is 150 cm³/mol. The molecule has 0 amide bonds. The summed E-state index contributed by atoms with van der Waals surface area (Å²) in [7, 11) is 0. The van der Waals surface area contributed by atoms with Crippen molar-refractivity contribution in [3.05, 3.63) is 64.7 Å². The fraction of sp³-hybridized carbons (Fsp3) is 0.606. The first-order valence-electron chi connectivity index (χ1n) is 14.9. The summed E-state index contributed by atoms with van der Waals surface area (Å²) < 4.78 is 11.4. The van der Waals surface area contributed by atoms with Gasteiger partial charge in [-0.1, -0.05) is 37.5 Å². The van der Waals surface area contributed by atoms with E-state index in [4.69, 9.17) is 9.47 Å². The van der Waals surface area contributed by atoms with Gasteiger partial charge in [0, 0.05) is 24.6 Å². The Balaban J connectivity index is 1.00. The maximum atomic E-state index is 12.7. The van der Waals surface area contributed by atoms with Gasteiger partial charge in [-0.25, -0.2) is 0 Å². The van der Waals surface area contributed by atoms with Crippen LogP contribution in [-0.2, 0) is 24.0 Å². The van der Waals surface area contributed by atoms with Crippen LogP contribution in [0.15, 0.2) is 42.5 Å². The number of aryl methyl sites for hydroxylation is 1. The molecule has 0 bridgehead atoms. The summed E-state index contributed by atoms with van der Waals surface area (Å²) in [5.41, 5.74) is 5.37. The zero-order valence-corrected chi connectivity index (χ0v) is 22.5. The minimum absolute atomic E-state index is 0.211. The topological polar surface area (TPSA) is 47.6 Å². The molecule has 200 valence electrons. The van der Waals surface area contributed by atoms with Crippen molar-refractivity contribution >= 4 is 5.78 Å². The van der Waals surface area contributed by atoms with E-state index in [-0.39, 0.29) is 11.9 Å². The maximum absolute atomic E-state index is 12.7. The molecule has 2 fully saturated rings. The average Bonchev–Trinajstić information content (AvgIpc) is 3.47. The molecule has 0 spiro atoms. The summed E-state index contributed by atoms with van der Waals surface area (Å²) in [6, 6.07) is 15.6. The van der Waals surface area contributed by atoms with E-state index in [1.807, 2.05) is 24.3 Å². The number of carbonyl (C=O) groups excluding carboxylic acids is 1. The first-order chi connectivity index (χ1) is 18.2. The highest BCUT2D eigenvalue weighted by Gasteiger charge is 2.20. The lowest BCUT2D eigenvalue weighted by atomic mass is 9.80. The van der Waals surface area contributed by atoms with Crippen LogP contribution < -0.4 is 10.1 Å². The Kier molecular flexibility index (Phi) is 9.70. The fourth-order valence-corrected chi connectivity index (χ4v) is 6.41. The SMILES string of the molecule is O=C(CCC[C@H]1CCc2cc(CCNC3CCCCC3)ccc2C1)c1ccc(OC[C@@H]2CCCO2)cc1.